The summed E-state index contributed by atoms with van der Waals surface area (Å²) in [4.78, 5) is 29.5. The van der Waals surface area contributed by atoms with Gasteiger partial charge in [0.15, 0.2) is 0 Å². The van der Waals surface area contributed by atoms with Gasteiger partial charge in [0, 0.05) is 23.9 Å². The van der Waals surface area contributed by atoms with Gasteiger partial charge < -0.3 is 5.11 Å². The van der Waals surface area contributed by atoms with Gasteiger partial charge in [-0.3, -0.25) is 14.2 Å². The smallest absolute Gasteiger partial charge is 0.305 e. The largest absolute Gasteiger partial charge is 0.481 e. The Morgan fingerprint density at radius 2 is 1.96 bits per heavy atom. The second kappa shape index (κ2) is 7.83. The number of benzene rings is 1. The zero-order chi connectivity index (χ0) is 18.7. The fourth-order valence-corrected chi connectivity index (χ4v) is 4.01. The molecule has 3 rings (SSSR count). The maximum Gasteiger partial charge on any atom is 0.305 e. The molecule has 0 radical (unpaired) electrons. The number of fused-ring (bicyclic) bond motifs is 1. The lowest BCUT2D eigenvalue weighted by Crippen LogP contribution is -2.26. The van der Waals surface area contributed by atoms with Crippen molar-refractivity contribution >= 4 is 27.5 Å². The normalized spacial score (nSPS) is 11.2. The molecular weight excluding hydrogens is 348 g/mol. The van der Waals surface area contributed by atoms with E-state index in [1.165, 1.54) is 21.5 Å². The Labute approximate surface area is 155 Å². The van der Waals surface area contributed by atoms with Crippen LogP contribution < -0.4 is 5.56 Å². The standard InChI is InChI=1S/C20H22N2O3S/c1-3-5-16-21-19-18(20(25)22(16)11-10-17(23)24)15(12-26-19)14-8-6-13(4-2)7-9-14/h6-9,12H,3-5,10-11H2,1-2H3,(H,23,24). The van der Waals surface area contributed by atoms with Gasteiger partial charge in [-0.15, -0.1) is 11.3 Å². The molecule has 1 aromatic carbocycles. The molecule has 3 aromatic rings. The van der Waals surface area contributed by atoms with Crippen molar-refractivity contribution in [1.82, 2.24) is 9.55 Å². The van der Waals surface area contributed by atoms with Gasteiger partial charge in [0.1, 0.15) is 10.7 Å². The number of nitrogens with zero attached hydrogens (tertiary/aromatic N) is 2. The first-order chi connectivity index (χ1) is 12.5. The number of carbonyl (C=O) groups is 1. The number of aromatic nitrogens is 2. The van der Waals surface area contributed by atoms with Crippen molar-refractivity contribution in [2.75, 3.05) is 0 Å². The van der Waals surface area contributed by atoms with Crippen LogP contribution in [0.2, 0.25) is 0 Å². The highest BCUT2D eigenvalue weighted by molar-refractivity contribution is 7.17. The maximum atomic E-state index is 13.2. The molecule has 0 fully saturated rings. The van der Waals surface area contributed by atoms with Crippen molar-refractivity contribution in [3.63, 3.8) is 0 Å². The Balaban J connectivity index is 2.16. The van der Waals surface area contributed by atoms with E-state index in [0.29, 0.717) is 17.6 Å². The van der Waals surface area contributed by atoms with Crippen LogP contribution in [0.25, 0.3) is 21.3 Å². The molecule has 0 aliphatic heterocycles. The minimum Gasteiger partial charge on any atom is -0.481 e. The van der Waals surface area contributed by atoms with Crippen LogP contribution in [-0.4, -0.2) is 20.6 Å². The van der Waals surface area contributed by atoms with E-state index in [1.54, 1.807) is 0 Å². The summed E-state index contributed by atoms with van der Waals surface area (Å²) in [5, 5.41) is 11.6. The molecule has 5 nitrogen and oxygen atoms in total. The first-order valence-corrected chi connectivity index (χ1v) is 9.75. The van der Waals surface area contributed by atoms with Gasteiger partial charge in [-0.05, 0) is 24.0 Å². The van der Waals surface area contributed by atoms with Gasteiger partial charge in [0.25, 0.3) is 5.56 Å². The highest BCUT2D eigenvalue weighted by Crippen LogP contribution is 2.31. The van der Waals surface area contributed by atoms with Gasteiger partial charge in [0.2, 0.25) is 0 Å². The summed E-state index contributed by atoms with van der Waals surface area (Å²) < 4.78 is 1.54. The Morgan fingerprint density at radius 3 is 2.58 bits per heavy atom. The molecule has 0 bridgehead atoms. The van der Waals surface area contributed by atoms with Crippen LogP contribution in [-0.2, 0) is 24.2 Å². The monoisotopic (exact) mass is 370 g/mol. The zero-order valence-electron chi connectivity index (χ0n) is 15.0. The lowest BCUT2D eigenvalue weighted by molar-refractivity contribution is -0.137. The van der Waals surface area contributed by atoms with Crippen molar-refractivity contribution in [3.05, 3.63) is 51.4 Å². The fraction of sp³-hybridized carbons (Fsp3) is 0.350. The third-order valence-corrected chi connectivity index (χ3v) is 5.34. The summed E-state index contributed by atoms with van der Waals surface area (Å²) in [5.74, 6) is -0.249. The summed E-state index contributed by atoms with van der Waals surface area (Å²) in [6.07, 6.45) is 2.38. The van der Waals surface area contributed by atoms with Gasteiger partial charge in [-0.2, -0.15) is 0 Å². The Morgan fingerprint density at radius 1 is 1.23 bits per heavy atom. The van der Waals surface area contributed by atoms with Crippen LogP contribution in [0.1, 0.15) is 38.1 Å². The van der Waals surface area contributed by atoms with Crippen LogP contribution in [0.3, 0.4) is 0 Å². The molecule has 0 saturated carbocycles. The molecule has 2 heterocycles. The van der Waals surface area contributed by atoms with Crippen LogP contribution in [0.15, 0.2) is 34.4 Å². The quantitative estimate of drug-likeness (QED) is 0.679. The van der Waals surface area contributed by atoms with Gasteiger partial charge in [0.05, 0.1) is 11.8 Å². The van der Waals surface area contributed by atoms with Gasteiger partial charge in [-0.1, -0.05) is 38.1 Å². The molecule has 0 unspecified atom stereocenters. The minimum absolute atomic E-state index is 0.0888. The number of aliphatic carboxylic acids is 1. The molecule has 26 heavy (non-hydrogen) atoms. The number of rotatable bonds is 7. The molecule has 0 spiro atoms. The molecule has 6 heteroatoms. The molecule has 0 aliphatic carbocycles. The molecule has 0 atom stereocenters. The number of aryl methyl sites for hydroxylation is 2. The van der Waals surface area contributed by atoms with E-state index in [-0.39, 0.29) is 18.5 Å². The van der Waals surface area contributed by atoms with Crippen molar-refractivity contribution in [2.45, 2.75) is 46.1 Å². The molecule has 2 aromatic heterocycles. The SMILES string of the molecule is CCCc1nc2scc(-c3ccc(CC)cc3)c2c(=O)n1CCC(=O)O. The average molecular weight is 370 g/mol. The van der Waals surface area contributed by atoms with Crippen molar-refractivity contribution in [2.24, 2.45) is 0 Å². The molecule has 136 valence electrons. The van der Waals surface area contributed by atoms with E-state index in [2.05, 4.69) is 24.0 Å². The van der Waals surface area contributed by atoms with Gasteiger partial charge in [-0.25, -0.2) is 4.98 Å². The van der Waals surface area contributed by atoms with Gasteiger partial charge >= 0.3 is 5.97 Å². The van der Waals surface area contributed by atoms with E-state index < -0.39 is 5.97 Å². The zero-order valence-corrected chi connectivity index (χ0v) is 15.8. The summed E-state index contributed by atoms with van der Waals surface area (Å²) in [6, 6.07) is 8.20. The molecule has 0 amide bonds. The average Bonchev–Trinajstić information content (AvgIpc) is 3.05. The second-order valence-electron chi connectivity index (χ2n) is 6.26. The lowest BCUT2D eigenvalue weighted by Gasteiger charge is -2.11. The first-order valence-electron chi connectivity index (χ1n) is 8.87. The van der Waals surface area contributed by atoms with Crippen LogP contribution >= 0.6 is 11.3 Å². The number of thiophene rings is 1. The predicted octanol–water partition coefficient (Wildman–Crippen LogP) is 4.11. The third kappa shape index (κ3) is 3.55. The number of carboxylic acids is 1. The van der Waals surface area contributed by atoms with Crippen molar-refractivity contribution in [1.29, 1.82) is 0 Å². The fourth-order valence-electron chi connectivity index (χ4n) is 3.05. The summed E-state index contributed by atoms with van der Waals surface area (Å²) in [5.41, 5.74) is 2.96. The maximum absolute atomic E-state index is 13.2. The molecule has 0 saturated heterocycles. The van der Waals surface area contributed by atoms with Crippen LogP contribution in [0.4, 0.5) is 0 Å². The lowest BCUT2D eigenvalue weighted by atomic mass is 10.0. The van der Waals surface area contributed by atoms with Crippen molar-refractivity contribution in [3.8, 4) is 11.1 Å². The Hall–Kier alpha value is -2.47. The Bertz CT molecular complexity index is 987. The third-order valence-electron chi connectivity index (χ3n) is 4.47. The topological polar surface area (TPSA) is 72.2 Å². The van der Waals surface area contributed by atoms with E-state index in [9.17, 15) is 9.59 Å². The second-order valence-corrected chi connectivity index (χ2v) is 7.12. The van der Waals surface area contributed by atoms with E-state index in [1.807, 2.05) is 24.4 Å². The summed E-state index contributed by atoms with van der Waals surface area (Å²) in [7, 11) is 0. The highest BCUT2D eigenvalue weighted by Gasteiger charge is 2.17. The van der Waals surface area contributed by atoms with E-state index in [0.717, 1.165) is 28.8 Å². The van der Waals surface area contributed by atoms with Crippen LogP contribution in [0.5, 0.6) is 0 Å². The van der Waals surface area contributed by atoms with E-state index in [4.69, 9.17) is 5.11 Å². The highest BCUT2D eigenvalue weighted by atomic mass is 32.1. The Kier molecular flexibility index (Phi) is 5.52. The molecule has 1 N–H and O–H groups in total. The molecular formula is C20H22N2O3S. The first kappa shape index (κ1) is 18.3. The number of hydrogen-bond acceptors (Lipinski definition) is 4. The predicted molar refractivity (Wildman–Crippen MR) is 105 cm³/mol. The van der Waals surface area contributed by atoms with Crippen LogP contribution in [0, 0.1) is 0 Å². The number of carboxylic acid groups (broad SMARTS) is 1. The van der Waals surface area contributed by atoms with E-state index >= 15 is 0 Å². The summed E-state index contributed by atoms with van der Waals surface area (Å²) >= 11 is 1.47. The van der Waals surface area contributed by atoms with Crippen molar-refractivity contribution < 1.29 is 9.90 Å². The summed E-state index contributed by atoms with van der Waals surface area (Å²) in [6.45, 7) is 4.28. The molecule has 0 aliphatic rings. The number of hydrogen-bond donors (Lipinski definition) is 1. The minimum atomic E-state index is -0.917.